The van der Waals surface area contributed by atoms with Gasteiger partial charge in [0, 0.05) is 31.6 Å². The fourth-order valence-electron chi connectivity index (χ4n) is 3.73. The Bertz CT molecular complexity index is 835. The molecule has 6 nitrogen and oxygen atoms in total. The maximum absolute atomic E-state index is 13.4. The van der Waals surface area contributed by atoms with Crippen molar-refractivity contribution in [3.8, 4) is 5.75 Å². The van der Waals surface area contributed by atoms with Crippen LogP contribution in [0.25, 0.3) is 0 Å². The summed E-state index contributed by atoms with van der Waals surface area (Å²) in [7, 11) is 1.78. The quantitative estimate of drug-likeness (QED) is 0.452. The maximum atomic E-state index is 13.4. The van der Waals surface area contributed by atoms with E-state index in [0.717, 1.165) is 43.6 Å². The van der Waals surface area contributed by atoms with E-state index >= 15 is 0 Å². The summed E-state index contributed by atoms with van der Waals surface area (Å²) in [6.07, 6.45) is 3.11. The average Bonchev–Trinajstić information content (AvgIpc) is 3.18. The molecule has 2 aromatic rings. The van der Waals surface area contributed by atoms with Gasteiger partial charge in [-0.1, -0.05) is 13.0 Å². The lowest BCUT2D eigenvalue weighted by Crippen LogP contribution is -2.45. The minimum atomic E-state index is -0.287. The second kappa shape index (κ2) is 12.0. The van der Waals surface area contributed by atoms with Crippen LogP contribution in [0.3, 0.4) is 0 Å². The van der Waals surface area contributed by atoms with E-state index in [0.29, 0.717) is 18.2 Å². The van der Waals surface area contributed by atoms with Gasteiger partial charge in [-0.2, -0.15) is 0 Å². The summed E-state index contributed by atoms with van der Waals surface area (Å²) in [4.78, 5) is 11.4. The first-order chi connectivity index (χ1) is 15.1. The van der Waals surface area contributed by atoms with E-state index in [-0.39, 0.29) is 11.9 Å². The zero-order valence-electron chi connectivity index (χ0n) is 18.7. The first-order valence-electron chi connectivity index (χ1n) is 11.1. The molecular formula is C23H34FN5OS. The molecule has 0 amide bonds. The van der Waals surface area contributed by atoms with E-state index in [9.17, 15) is 4.39 Å². The van der Waals surface area contributed by atoms with Crippen molar-refractivity contribution in [3.63, 3.8) is 0 Å². The first kappa shape index (κ1) is 23.5. The van der Waals surface area contributed by atoms with Gasteiger partial charge in [-0.15, -0.1) is 11.3 Å². The topological polar surface area (TPSA) is 61.8 Å². The highest BCUT2D eigenvalue weighted by atomic mass is 32.1. The van der Waals surface area contributed by atoms with Crippen LogP contribution in [0.4, 0.5) is 4.39 Å². The predicted octanol–water partition coefficient (Wildman–Crippen LogP) is 3.83. The number of guanidine groups is 1. The lowest BCUT2D eigenvalue weighted by Gasteiger charge is -2.31. The van der Waals surface area contributed by atoms with Gasteiger partial charge in [0.05, 0.1) is 17.2 Å². The van der Waals surface area contributed by atoms with Gasteiger partial charge >= 0.3 is 0 Å². The Morgan fingerprint density at radius 2 is 2.16 bits per heavy atom. The summed E-state index contributed by atoms with van der Waals surface area (Å²) in [6.45, 7) is 8.80. The molecule has 1 fully saturated rings. The molecule has 0 saturated carbocycles. The van der Waals surface area contributed by atoms with Crippen molar-refractivity contribution in [2.75, 3.05) is 33.2 Å². The van der Waals surface area contributed by atoms with E-state index in [1.807, 2.05) is 0 Å². The van der Waals surface area contributed by atoms with Crippen molar-refractivity contribution in [1.29, 1.82) is 0 Å². The maximum Gasteiger partial charge on any atom is 0.191 e. The molecule has 1 aromatic carbocycles. The number of nitrogens with one attached hydrogen (secondary N) is 2. The first-order valence-corrected chi connectivity index (χ1v) is 11.9. The number of nitrogens with zero attached hydrogens (tertiary/aromatic N) is 3. The third kappa shape index (κ3) is 7.78. The number of ether oxygens (including phenoxy) is 1. The fourth-order valence-corrected chi connectivity index (χ4v) is 4.34. The van der Waals surface area contributed by atoms with Crippen molar-refractivity contribution < 1.29 is 9.13 Å². The van der Waals surface area contributed by atoms with Crippen LogP contribution < -0.4 is 15.4 Å². The van der Waals surface area contributed by atoms with Crippen LogP contribution in [0.2, 0.25) is 0 Å². The Labute approximate surface area is 188 Å². The van der Waals surface area contributed by atoms with Crippen molar-refractivity contribution in [3.05, 3.63) is 46.2 Å². The number of halogens is 1. The van der Waals surface area contributed by atoms with Gasteiger partial charge in [0.1, 0.15) is 17.7 Å². The molecule has 2 heterocycles. The lowest BCUT2D eigenvalue weighted by atomic mass is 9.97. The largest absolute Gasteiger partial charge is 0.489 e. The van der Waals surface area contributed by atoms with Crippen LogP contribution in [-0.2, 0) is 6.54 Å². The van der Waals surface area contributed by atoms with Crippen LogP contribution in [-0.4, -0.2) is 55.2 Å². The number of aliphatic imine (C=N–C) groups is 1. The summed E-state index contributed by atoms with van der Waals surface area (Å²) in [6, 6.07) is 6.27. The number of thiazole rings is 1. The molecule has 0 radical (unpaired) electrons. The molecule has 1 aliphatic heterocycles. The number of hydrogen-bond donors (Lipinski definition) is 2. The SMILES string of the molecule is CCC(CNC(=NC)NCC1CCN(Cc2csc(C)n2)CC1)Oc1cccc(F)c1. The molecule has 0 bridgehead atoms. The Hall–Kier alpha value is -2.19. The third-order valence-electron chi connectivity index (χ3n) is 5.59. The number of benzene rings is 1. The Morgan fingerprint density at radius 3 is 2.81 bits per heavy atom. The molecule has 0 aliphatic carbocycles. The number of aromatic nitrogens is 1. The molecule has 2 N–H and O–H groups in total. The highest BCUT2D eigenvalue weighted by Gasteiger charge is 2.20. The third-order valence-corrected chi connectivity index (χ3v) is 6.41. The summed E-state index contributed by atoms with van der Waals surface area (Å²) >= 11 is 1.72. The number of aryl methyl sites for hydroxylation is 1. The molecular weight excluding hydrogens is 413 g/mol. The highest BCUT2D eigenvalue weighted by Crippen LogP contribution is 2.19. The number of rotatable bonds is 9. The van der Waals surface area contributed by atoms with Crippen molar-refractivity contribution in [2.24, 2.45) is 10.9 Å². The van der Waals surface area contributed by atoms with Crippen molar-refractivity contribution >= 4 is 17.3 Å². The summed E-state index contributed by atoms with van der Waals surface area (Å²) < 4.78 is 19.3. The summed E-state index contributed by atoms with van der Waals surface area (Å²) in [5, 5.41) is 10.1. The molecule has 3 rings (SSSR count). The van der Waals surface area contributed by atoms with Gasteiger partial charge in [-0.3, -0.25) is 9.89 Å². The van der Waals surface area contributed by atoms with Gasteiger partial charge in [0.25, 0.3) is 0 Å². The monoisotopic (exact) mass is 447 g/mol. The Morgan fingerprint density at radius 1 is 1.35 bits per heavy atom. The van der Waals surface area contributed by atoms with Gasteiger partial charge in [0.2, 0.25) is 0 Å². The second-order valence-electron chi connectivity index (χ2n) is 8.02. The molecule has 170 valence electrons. The van der Waals surface area contributed by atoms with Crippen molar-refractivity contribution in [2.45, 2.75) is 45.8 Å². The standard InChI is InChI=1S/C23H34FN5OS/c1-4-21(30-22-7-5-6-19(24)12-22)14-27-23(25-3)26-13-18-8-10-29(11-9-18)15-20-16-31-17(2)28-20/h5-7,12,16,18,21H,4,8-11,13-15H2,1-3H3,(H2,25,26,27). The average molecular weight is 448 g/mol. The summed E-state index contributed by atoms with van der Waals surface area (Å²) in [5.41, 5.74) is 1.19. The van der Waals surface area contributed by atoms with Crippen LogP contribution in [0, 0.1) is 18.7 Å². The zero-order chi connectivity index (χ0) is 22.1. The number of likely N-dealkylation sites (tertiary alicyclic amines) is 1. The normalized spacial score (nSPS) is 16.8. The minimum absolute atomic E-state index is 0.0575. The van der Waals surface area contributed by atoms with Crippen LogP contribution >= 0.6 is 11.3 Å². The van der Waals surface area contributed by atoms with Crippen LogP contribution in [0.15, 0.2) is 34.6 Å². The number of hydrogen-bond acceptors (Lipinski definition) is 5. The van der Waals surface area contributed by atoms with E-state index < -0.39 is 0 Å². The highest BCUT2D eigenvalue weighted by molar-refractivity contribution is 7.09. The van der Waals surface area contributed by atoms with Gasteiger partial charge in [-0.25, -0.2) is 9.37 Å². The van der Waals surface area contributed by atoms with Gasteiger partial charge in [-0.05, 0) is 57.3 Å². The van der Waals surface area contributed by atoms with Crippen LogP contribution in [0.1, 0.15) is 36.9 Å². The molecule has 1 aliphatic rings. The van der Waals surface area contributed by atoms with E-state index in [2.05, 4.69) is 44.7 Å². The van der Waals surface area contributed by atoms with E-state index in [4.69, 9.17) is 4.74 Å². The Balaban J connectivity index is 1.36. The molecule has 1 atom stereocenters. The molecule has 8 heteroatoms. The predicted molar refractivity (Wildman–Crippen MR) is 125 cm³/mol. The molecule has 1 saturated heterocycles. The molecule has 1 aromatic heterocycles. The number of piperidine rings is 1. The minimum Gasteiger partial charge on any atom is -0.489 e. The second-order valence-corrected chi connectivity index (χ2v) is 9.08. The van der Waals surface area contributed by atoms with Gasteiger partial charge < -0.3 is 15.4 Å². The van der Waals surface area contributed by atoms with Crippen LogP contribution in [0.5, 0.6) is 5.75 Å². The lowest BCUT2D eigenvalue weighted by molar-refractivity contribution is 0.176. The van der Waals surface area contributed by atoms with Crippen molar-refractivity contribution in [1.82, 2.24) is 20.5 Å². The van der Waals surface area contributed by atoms with Gasteiger partial charge in [0.15, 0.2) is 5.96 Å². The van der Waals surface area contributed by atoms with E-state index in [1.54, 1.807) is 30.5 Å². The molecule has 1 unspecified atom stereocenters. The summed E-state index contributed by atoms with van der Waals surface area (Å²) in [5.74, 6) is 1.68. The molecule has 31 heavy (non-hydrogen) atoms. The van der Waals surface area contributed by atoms with E-state index in [1.165, 1.54) is 30.7 Å². The zero-order valence-corrected chi connectivity index (χ0v) is 19.6. The fraction of sp³-hybridized carbons (Fsp3) is 0.565. The smallest absolute Gasteiger partial charge is 0.191 e. The molecule has 0 spiro atoms. The Kier molecular flexibility index (Phi) is 9.09.